The summed E-state index contributed by atoms with van der Waals surface area (Å²) >= 11 is 5.84. The summed E-state index contributed by atoms with van der Waals surface area (Å²) in [7, 11) is 0. The average Bonchev–Trinajstić information content (AvgIpc) is 2.68. The SMILES string of the molecule is CC(C)C(CCl)NC(=O)C1C2CCCC21. The van der Waals surface area contributed by atoms with Crippen LogP contribution in [0.5, 0.6) is 0 Å². The first-order valence-electron chi connectivity index (χ1n) is 6.01. The van der Waals surface area contributed by atoms with Crippen LogP contribution in [0.4, 0.5) is 0 Å². The highest BCUT2D eigenvalue weighted by molar-refractivity contribution is 6.18. The topological polar surface area (TPSA) is 29.1 Å². The number of hydrogen-bond acceptors (Lipinski definition) is 1. The minimum absolute atomic E-state index is 0.139. The van der Waals surface area contributed by atoms with Gasteiger partial charge in [0.15, 0.2) is 0 Å². The Labute approximate surface area is 96.8 Å². The summed E-state index contributed by atoms with van der Waals surface area (Å²) in [6, 6.07) is 0.139. The third-order valence-corrected chi connectivity index (χ3v) is 4.34. The molecule has 86 valence electrons. The fraction of sp³-hybridized carbons (Fsp3) is 0.917. The molecule has 2 nitrogen and oxygen atoms in total. The van der Waals surface area contributed by atoms with Gasteiger partial charge in [0.1, 0.15) is 0 Å². The van der Waals surface area contributed by atoms with Gasteiger partial charge in [-0.3, -0.25) is 4.79 Å². The second-order valence-corrected chi connectivity index (χ2v) is 5.61. The second kappa shape index (κ2) is 4.32. The normalized spacial score (nSPS) is 35.1. The standard InChI is InChI=1S/C12H20ClNO/c1-7(2)10(6-13)14-12(15)11-8-4-3-5-9(8)11/h7-11H,3-6H2,1-2H3,(H,14,15). The number of hydrogen-bond donors (Lipinski definition) is 1. The Morgan fingerprint density at radius 1 is 1.40 bits per heavy atom. The van der Waals surface area contributed by atoms with E-state index in [0.29, 0.717) is 29.6 Å². The summed E-state index contributed by atoms with van der Waals surface area (Å²) in [5, 5.41) is 3.09. The van der Waals surface area contributed by atoms with Gasteiger partial charge in [0.2, 0.25) is 5.91 Å². The Bertz CT molecular complexity index is 244. The number of alkyl halides is 1. The fourth-order valence-corrected chi connectivity index (χ4v) is 3.31. The Kier molecular flexibility index (Phi) is 3.24. The number of fused-ring (bicyclic) bond motifs is 1. The predicted octanol–water partition coefficient (Wildman–Crippen LogP) is 2.41. The number of rotatable bonds is 4. The molecule has 15 heavy (non-hydrogen) atoms. The van der Waals surface area contributed by atoms with Crippen LogP contribution in [0.2, 0.25) is 0 Å². The van der Waals surface area contributed by atoms with Gasteiger partial charge in [-0.15, -0.1) is 11.6 Å². The third-order valence-electron chi connectivity index (χ3n) is 4.01. The molecule has 0 aliphatic heterocycles. The Balaban J connectivity index is 1.82. The first kappa shape index (κ1) is 11.3. The molecule has 0 heterocycles. The van der Waals surface area contributed by atoms with Gasteiger partial charge in [-0.25, -0.2) is 0 Å². The van der Waals surface area contributed by atoms with E-state index in [1.54, 1.807) is 0 Å². The van der Waals surface area contributed by atoms with Crippen LogP contribution in [0, 0.1) is 23.7 Å². The minimum atomic E-state index is 0.139. The third kappa shape index (κ3) is 2.15. The molecule has 3 atom stereocenters. The van der Waals surface area contributed by atoms with E-state index in [9.17, 15) is 4.79 Å². The zero-order chi connectivity index (χ0) is 11.0. The molecule has 0 aromatic heterocycles. The minimum Gasteiger partial charge on any atom is -0.352 e. The zero-order valence-corrected chi connectivity index (χ0v) is 10.3. The maximum Gasteiger partial charge on any atom is 0.223 e. The van der Waals surface area contributed by atoms with Gasteiger partial charge < -0.3 is 5.32 Å². The van der Waals surface area contributed by atoms with Gasteiger partial charge in [0.25, 0.3) is 0 Å². The van der Waals surface area contributed by atoms with E-state index < -0.39 is 0 Å². The molecule has 2 saturated carbocycles. The average molecular weight is 230 g/mol. The van der Waals surface area contributed by atoms with Gasteiger partial charge in [-0.1, -0.05) is 20.3 Å². The molecule has 0 bridgehead atoms. The van der Waals surface area contributed by atoms with Gasteiger partial charge in [0, 0.05) is 17.8 Å². The zero-order valence-electron chi connectivity index (χ0n) is 9.50. The molecular formula is C12H20ClNO. The Hall–Kier alpha value is -0.240. The number of carbonyl (C=O) groups is 1. The molecule has 2 aliphatic rings. The smallest absolute Gasteiger partial charge is 0.223 e. The number of amides is 1. The van der Waals surface area contributed by atoms with E-state index in [1.165, 1.54) is 19.3 Å². The van der Waals surface area contributed by atoms with Crippen LogP contribution in [0.15, 0.2) is 0 Å². The van der Waals surface area contributed by atoms with E-state index in [1.807, 2.05) is 0 Å². The van der Waals surface area contributed by atoms with Crippen molar-refractivity contribution in [2.24, 2.45) is 23.7 Å². The largest absolute Gasteiger partial charge is 0.352 e. The van der Waals surface area contributed by atoms with Crippen molar-refractivity contribution in [2.75, 3.05) is 5.88 Å². The molecule has 1 N–H and O–H groups in total. The van der Waals surface area contributed by atoms with Gasteiger partial charge in [-0.2, -0.15) is 0 Å². The first-order chi connectivity index (χ1) is 7.15. The van der Waals surface area contributed by atoms with Gasteiger partial charge >= 0.3 is 0 Å². The number of carbonyl (C=O) groups excluding carboxylic acids is 1. The molecule has 0 aromatic carbocycles. The van der Waals surface area contributed by atoms with Crippen molar-refractivity contribution in [3.05, 3.63) is 0 Å². The van der Waals surface area contributed by atoms with Crippen LogP contribution in [0.3, 0.4) is 0 Å². The Morgan fingerprint density at radius 3 is 2.47 bits per heavy atom. The lowest BCUT2D eigenvalue weighted by atomic mass is 10.1. The van der Waals surface area contributed by atoms with Crippen LogP contribution < -0.4 is 5.32 Å². The van der Waals surface area contributed by atoms with E-state index in [0.717, 1.165) is 0 Å². The molecule has 0 radical (unpaired) electrons. The van der Waals surface area contributed by atoms with Crippen LogP contribution >= 0.6 is 11.6 Å². The molecular weight excluding hydrogens is 210 g/mol. The molecule has 0 spiro atoms. The van der Waals surface area contributed by atoms with Crippen LogP contribution in [0.1, 0.15) is 33.1 Å². The molecule has 1 amide bonds. The number of halogens is 1. The molecule has 3 unspecified atom stereocenters. The van der Waals surface area contributed by atoms with E-state index >= 15 is 0 Å². The quantitative estimate of drug-likeness (QED) is 0.737. The predicted molar refractivity (Wildman–Crippen MR) is 61.8 cm³/mol. The van der Waals surface area contributed by atoms with Crippen molar-refractivity contribution in [1.29, 1.82) is 0 Å². The van der Waals surface area contributed by atoms with Gasteiger partial charge in [0.05, 0.1) is 0 Å². The lowest BCUT2D eigenvalue weighted by Crippen LogP contribution is -2.41. The maximum atomic E-state index is 11.9. The molecule has 3 heteroatoms. The highest BCUT2D eigenvalue weighted by Gasteiger charge is 2.56. The van der Waals surface area contributed by atoms with Crippen molar-refractivity contribution in [3.8, 4) is 0 Å². The first-order valence-corrected chi connectivity index (χ1v) is 6.55. The van der Waals surface area contributed by atoms with E-state index in [4.69, 9.17) is 11.6 Å². The van der Waals surface area contributed by atoms with Crippen molar-refractivity contribution in [3.63, 3.8) is 0 Å². The van der Waals surface area contributed by atoms with Gasteiger partial charge in [-0.05, 0) is 30.6 Å². The summed E-state index contributed by atoms with van der Waals surface area (Å²) in [5.74, 6) is 2.92. The van der Waals surface area contributed by atoms with Crippen molar-refractivity contribution in [1.82, 2.24) is 5.32 Å². The molecule has 2 rings (SSSR count). The monoisotopic (exact) mass is 229 g/mol. The van der Waals surface area contributed by atoms with E-state index in [-0.39, 0.29) is 11.9 Å². The molecule has 2 fully saturated rings. The molecule has 0 aromatic rings. The second-order valence-electron chi connectivity index (χ2n) is 5.30. The molecule has 2 aliphatic carbocycles. The summed E-state index contributed by atoms with van der Waals surface area (Å²) in [5.41, 5.74) is 0. The van der Waals surface area contributed by atoms with E-state index in [2.05, 4.69) is 19.2 Å². The van der Waals surface area contributed by atoms with Crippen molar-refractivity contribution >= 4 is 17.5 Å². The molecule has 0 saturated heterocycles. The van der Waals surface area contributed by atoms with Crippen molar-refractivity contribution < 1.29 is 4.79 Å². The maximum absolute atomic E-state index is 11.9. The highest BCUT2D eigenvalue weighted by Crippen LogP contribution is 2.57. The Morgan fingerprint density at radius 2 is 2.00 bits per heavy atom. The summed E-state index contributed by atoms with van der Waals surface area (Å²) < 4.78 is 0. The lowest BCUT2D eigenvalue weighted by Gasteiger charge is -2.20. The fourth-order valence-electron chi connectivity index (χ4n) is 2.87. The van der Waals surface area contributed by atoms with Crippen molar-refractivity contribution in [2.45, 2.75) is 39.2 Å². The van der Waals surface area contributed by atoms with Crippen LogP contribution in [-0.4, -0.2) is 17.8 Å². The summed E-state index contributed by atoms with van der Waals surface area (Å²) in [6.45, 7) is 4.20. The summed E-state index contributed by atoms with van der Waals surface area (Å²) in [4.78, 5) is 11.9. The summed E-state index contributed by atoms with van der Waals surface area (Å²) in [6.07, 6.45) is 3.84. The lowest BCUT2D eigenvalue weighted by molar-refractivity contribution is -0.123. The van der Waals surface area contributed by atoms with Crippen LogP contribution in [-0.2, 0) is 4.79 Å². The number of nitrogens with one attached hydrogen (secondary N) is 1. The van der Waals surface area contributed by atoms with Crippen LogP contribution in [0.25, 0.3) is 0 Å². The highest BCUT2D eigenvalue weighted by atomic mass is 35.5.